The van der Waals surface area contributed by atoms with Gasteiger partial charge in [-0.15, -0.1) is 0 Å². The Bertz CT molecular complexity index is 1050. The summed E-state index contributed by atoms with van der Waals surface area (Å²) in [6, 6.07) is 8.85. The standard InChI is InChI=1S/C21H21FN4O4S/c1-14(25-9-10-29-18(13-25)15-5-7-26(28)8-6-15)20(27)24-21-23-12-19(31-21)30-17-4-2-3-16(22)11-17/h2-8,11-12,14,18H,9-10,13H2,1H3,(H,23,24,27). The fourth-order valence-electron chi connectivity index (χ4n) is 3.25. The number of hydrogen-bond donors (Lipinski definition) is 1. The van der Waals surface area contributed by atoms with Gasteiger partial charge < -0.3 is 20.0 Å². The molecule has 1 aromatic carbocycles. The summed E-state index contributed by atoms with van der Waals surface area (Å²) >= 11 is 1.16. The summed E-state index contributed by atoms with van der Waals surface area (Å²) in [6.07, 6.45) is 4.13. The van der Waals surface area contributed by atoms with E-state index in [-0.39, 0.29) is 12.0 Å². The van der Waals surface area contributed by atoms with Crippen LogP contribution in [-0.4, -0.2) is 41.5 Å². The Morgan fingerprint density at radius 2 is 2.23 bits per heavy atom. The number of nitrogens with zero attached hydrogens (tertiary/aromatic N) is 3. The smallest absolute Gasteiger partial charge is 0.243 e. The molecule has 1 N–H and O–H groups in total. The van der Waals surface area contributed by atoms with Crippen molar-refractivity contribution in [1.29, 1.82) is 0 Å². The number of halogens is 1. The third-order valence-corrected chi connectivity index (χ3v) is 5.74. The predicted molar refractivity (Wildman–Crippen MR) is 112 cm³/mol. The maximum atomic E-state index is 13.3. The second-order valence-electron chi connectivity index (χ2n) is 7.05. The lowest BCUT2D eigenvalue weighted by molar-refractivity contribution is -0.605. The van der Waals surface area contributed by atoms with Crippen LogP contribution in [0.25, 0.3) is 0 Å². The molecule has 0 bridgehead atoms. The number of nitrogens with one attached hydrogen (secondary N) is 1. The van der Waals surface area contributed by atoms with Gasteiger partial charge in [-0.3, -0.25) is 9.69 Å². The van der Waals surface area contributed by atoms with Crippen LogP contribution in [0.4, 0.5) is 9.52 Å². The number of morpholine rings is 1. The Balaban J connectivity index is 1.35. The highest BCUT2D eigenvalue weighted by Gasteiger charge is 2.29. The summed E-state index contributed by atoms with van der Waals surface area (Å²) in [5, 5.41) is 14.9. The van der Waals surface area contributed by atoms with Gasteiger partial charge in [0.05, 0.1) is 24.9 Å². The molecule has 8 nitrogen and oxygen atoms in total. The molecular formula is C21H21FN4O4S. The summed E-state index contributed by atoms with van der Waals surface area (Å²) in [7, 11) is 0. The van der Waals surface area contributed by atoms with E-state index in [4.69, 9.17) is 9.47 Å². The van der Waals surface area contributed by atoms with Crippen LogP contribution in [0.15, 0.2) is 55.0 Å². The highest BCUT2D eigenvalue weighted by molar-refractivity contribution is 7.17. The molecule has 0 radical (unpaired) electrons. The Labute approximate surface area is 182 Å². The first-order valence-corrected chi connectivity index (χ1v) is 10.5. The number of amides is 1. The normalized spacial score (nSPS) is 17.8. The molecule has 1 saturated heterocycles. The van der Waals surface area contributed by atoms with Gasteiger partial charge in [-0.2, -0.15) is 4.73 Å². The second kappa shape index (κ2) is 9.38. The van der Waals surface area contributed by atoms with Gasteiger partial charge in [0, 0.05) is 31.3 Å². The molecule has 3 heterocycles. The van der Waals surface area contributed by atoms with E-state index in [1.807, 2.05) is 11.8 Å². The zero-order valence-corrected chi connectivity index (χ0v) is 17.5. The van der Waals surface area contributed by atoms with Crippen molar-refractivity contribution < 1.29 is 23.4 Å². The van der Waals surface area contributed by atoms with Crippen molar-refractivity contribution >= 4 is 22.4 Å². The fraction of sp³-hybridized carbons (Fsp3) is 0.286. The van der Waals surface area contributed by atoms with Gasteiger partial charge in [0.15, 0.2) is 17.5 Å². The largest absolute Gasteiger partial charge is 0.619 e. The van der Waals surface area contributed by atoms with Crippen molar-refractivity contribution in [2.75, 3.05) is 25.0 Å². The highest BCUT2D eigenvalue weighted by atomic mass is 32.1. The molecule has 162 valence electrons. The lowest BCUT2D eigenvalue weighted by atomic mass is 10.1. The van der Waals surface area contributed by atoms with Crippen LogP contribution in [0.5, 0.6) is 10.8 Å². The van der Waals surface area contributed by atoms with Crippen LogP contribution in [0.2, 0.25) is 0 Å². The molecule has 10 heteroatoms. The number of rotatable bonds is 6. The van der Waals surface area contributed by atoms with Crippen molar-refractivity contribution in [1.82, 2.24) is 9.88 Å². The molecule has 4 rings (SSSR count). The lowest BCUT2D eigenvalue weighted by Gasteiger charge is -2.36. The molecule has 2 unspecified atom stereocenters. The molecule has 2 atom stereocenters. The highest BCUT2D eigenvalue weighted by Crippen LogP contribution is 2.31. The van der Waals surface area contributed by atoms with Gasteiger partial charge in [-0.25, -0.2) is 9.37 Å². The van der Waals surface area contributed by atoms with Gasteiger partial charge in [-0.05, 0) is 24.6 Å². The number of hydrogen-bond acceptors (Lipinski definition) is 7. The minimum Gasteiger partial charge on any atom is -0.619 e. The topological polar surface area (TPSA) is 90.6 Å². The maximum absolute atomic E-state index is 13.3. The SMILES string of the molecule is CC(C(=O)Nc1ncc(Oc2cccc(F)c2)s1)N1CCOC(c2cc[n+]([O-])cc2)C1. The van der Waals surface area contributed by atoms with Gasteiger partial charge in [0.1, 0.15) is 11.6 Å². The number of carbonyl (C=O) groups is 1. The van der Waals surface area contributed by atoms with E-state index in [9.17, 15) is 14.4 Å². The number of ether oxygens (including phenoxy) is 2. The zero-order valence-electron chi connectivity index (χ0n) is 16.7. The van der Waals surface area contributed by atoms with E-state index in [1.165, 1.54) is 30.7 Å². The number of pyridine rings is 1. The fourth-order valence-corrected chi connectivity index (χ4v) is 3.94. The number of thiazole rings is 1. The summed E-state index contributed by atoms with van der Waals surface area (Å²) in [5.41, 5.74) is 0.892. The second-order valence-corrected chi connectivity index (χ2v) is 8.05. The molecule has 2 aromatic heterocycles. The number of benzene rings is 1. The molecule has 1 fully saturated rings. The molecule has 0 aliphatic carbocycles. The molecule has 1 aliphatic heterocycles. The first kappa shape index (κ1) is 21.2. The predicted octanol–water partition coefficient (Wildman–Crippen LogP) is 3.11. The van der Waals surface area contributed by atoms with Gasteiger partial charge in [0.2, 0.25) is 11.0 Å². The average Bonchev–Trinajstić information content (AvgIpc) is 3.20. The van der Waals surface area contributed by atoms with Crippen molar-refractivity contribution in [3.05, 3.63) is 71.6 Å². The van der Waals surface area contributed by atoms with E-state index in [2.05, 4.69) is 10.3 Å². The van der Waals surface area contributed by atoms with Crippen LogP contribution in [0, 0.1) is 11.0 Å². The first-order chi connectivity index (χ1) is 15.0. The van der Waals surface area contributed by atoms with Crippen LogP contribution in [0.1, 0.15) is 18.6 Å². The molecule has 1 aliphatic rings. The number of anilines is 1. The average molecular weight is 444 g/mol. The van der Waals surface area contributed by atoms with E-state index in [0.29, 0.717) is 35.6 Å². The van der Waals surface area contributed by atoms with Crippen LogP contribution in [0.3, 0.4) is 0 Å². The monoisotopic (exact) mass is 444 g/mol. The minimum atomic E-state index is -0.406. The van der Waals surface area contributed by atoms with Gasteiger partial charge >= 0.3 is 0 Å². The third-order valence-electron chi connectivity index (χ3n) is 4.95. The Kier molecular flexibility index (Phi) is 6.40. The lowest BCUT2D eigenvalue weighted by Crippen LogP contribution is -2.48. The van der Waals surface area contributed by atoms with Crippen molar-refractivity contribution in [2.24, 2.45) is 0 Å². The number of carbonyl (C=O) groups excluding carboxylic acids is 1. The first-order valence-electron chi connectivity index (χ1n) is 9.72. The molecular weight excluding hydrogens is 423 g/mol. The molecule has 3 aromatic rings. The Morgan fingerprint density at radius 3 is 3.00 bits per heavy atom. The summed E-state index contributed by atoms with van der Waals surface area (Å²) in [4.78, 5) is 18.9. The summed E-state index contributed by atoms with van der Waals surface area (Å²) in [6.45, 7) is 3.46. The summed E-state index contributed by atoms with van der Waals surface area (Å²) in [5.74, 6) is -0.230. The van der Waals surface area contributed by atoms with Crippen molar-refractivity contribution in [2.45, 2.75) is 19.1 Å². The van der Waals surface area contributed by atoms with Crippen LogP contribution in [-0.2, 0) is 9.53 Å². The zero-order chi connectivity index (χ0) is 21.8. The third kappa shape index (κ3) is 5.35. The van der Waals surface area contributed by atoms with Crippen molar-refractivity contribution in [3.8, 4) is 10.8 Å². The van der Waals surface area contributed by atoms with E-state index in [0.717, 1.165) is 21.6 Å². The Morgan fingerprint density at radius 1 is 1.42 bits per heavy atom. The van der Waals surface area contributed by atoms with Crippen LogP contribution < -0.4 is 14.8 Å². The maximum Gasteiger partial charge on any atom is 0.243 e. The quantitative estimate of drug-likeness (QED) is 0.464. The Hall–Kier alpha value is -3.08. The van der Waals surface area contributed by atoms with Crippen molar-refractivity contribution in [3.63, 3.8) is 0 Å². The van der Waals surface area contributed by atoms with E-state index < -0.39 is 11.9 Å². The van der Waals surface area contributed by atoms with E-state index >= 15 is 0 Å². The van der Waals surface area contributed by atoms with Gasteiger partial charge in [-0.1, -0.05) is 17.4 Å². The molecule has 1 amide bonds. The minimum absolute atomic E-state index is 0.197. The number of aromatic nitrogens is 2. The van der Waals surface area contributed by atoms with E-state index in [1.54, 1.807) is 24.3 Å². The molecule has 0 saturated carbocycles. The summed E-state index contributed by atoms with van der Waals surface area (Å²) < 4.78 is 25.4. The molecule has 31 heavy (non-hydrogen) atoms. The molecule has 0 spiro atoms. The van der Waals surface area contributed by atoms with Gasteiger partial charge in [0.25, 0.3) is 0 Å². The van der Waals surface area contributed by atoms with Crippen LogP contribution >= 0.6 is 11.3 Å².